The maximum atomic E-state index is 13.0. The Morgan fingerprint density at radius 3 is 2.70 bits per heavy atom. The molecule has 27 heavy (non-hydrogen) atoms. The molecule has 136 valence electrons. The molecule has 7 heteroatoms. The van der Waals surface area contributed by atoms with Crippen LogP contribution in [0, 0.1) is 5.82 Å². The van der Waals surface area contributed by atoms with E-state index < -0.39 is 0 Å². The van der Waals surface area contributed by atoms with Crippen LogP contribution < -0.4 is 20.1 Å². The summed E-state index contributed by atoms with van der Waals surface area (Å²) < 4.78 is 23.5. The van der Waals surface area contributed by atoms with Crippen molar-refractivity contribution in [2.24, 2.45) is 0 Å². The summed E-state index contributed by atoms with van der Waals surface area (Å²) in [6, 6.07) is 14.7. The molecule has 0 radical (unpaired) electrons. The zero-order valence-electron chi connectivity index (χ0n) is 14.2. The highest BCUT2D eigenvalue weighted by molar-refractivity contribution is 6.04. The molecule has 3 aromatic rings. The molecule has 6 nitrogen and oxygen atoms in total. The molecule has 0 saturated carbocycles. The minimum Gasteiger partial charge on any atom is -0.454 e. The molecule has 1 aliphatic rings. The van der Waals surface area contributed by atoms with Gasteiger partial charge in [-0.2, -0.15) is 0 Å². The molecule has 2 aromatic carbocycles. The first-order valence-corrected chi connectivity index (χ1v) is 8.33. The zero-order chi connectivity index (χ0) is 18.6. The van der Waals surface area contributed by atoms with Gasteiger partial charge in [0.05, 0.1) is 0 Å². The van der Waals surface area contributed by atoms with E-state index in [-0.39, 0.29) is 18.5 Å². The number of nitrogens with zero attached hydrogens (tertiary/aromatic N) is 1. The van der Waals surface area contributed by atoms with Gasteiger partial charge in [0.15, 0.2) is 11.5 Å². The smallest absolute Gasteiger partial charge is 0.255 e. The van der Waals surface area contributed by atoms with Gasteiger partial charge in [-0.1, -0.05) is 12.1 Å². The van der Waals surface area contributed by atoms with Crippen molar-refractivity contribution in [1.82, 2.24) is 4.98 Å². The van der Waals surface area contributed by atoms with Gasteiger partial charge in [0.1, 0.15) is 11.6 Å². The van der Waals surface area contributed by atoms with E-state index in [1.165, 1.54) is 12.1 Å². The average molecular weight is 365 g/mol. The molecule has 1 aromatic heterocycles. The number of fused-ring (bicyclic) bond motifs is 1. The predicted molar refractivity (Wildman–Crippen MR) is 98.5 cm³/mol. The first kappa shape index (κ1) is 16.8. The van der Waals surface area contributed by atoms with Crippen LogP contribution >= 0.6 is 0 Å². The van der Waals surface area contributed by atoms with E-state index in [9.17, 15) is 9.18 Å². The summed E-state index contributed by atoms with van der Waals surface area (Å²) >= 11 is 0. The van der Waals surface area contributed by atoms with Crippen molar-refractivity contribution >= 4 is 17.4 Å². The minimum atomic E-state index is -0.279. The SMILES string of the molecule is O=C(Nc1ccc2c(c1)OCO2)c1ccnc(NCc2ccc(F)cc2)c1. The number of pyridine rings is 1. The fraction of sp³-hybridized carbons (Fsp3) is 0.100. The average Bonchev–Trinajstić information content (AvgIpc) is 3.15. The topological polar surface area (TPSA) is 72.5 Å². The Hall–Kier alpha value is -3.61. The molecule has 0 unspecified atom stereocenters. The second-order valence-corrected chi connectivity index (χ2v) is 5.93. The zero-order valence-corrected chi connectivity index (χ0v) is 14.2. The van der Waals surface area contributed by atoms with E-state index in [2.05, 4.69) is 15.6 Å². The van der Waals surface area contributed by atoms with Gasteiger partial charge < -0.3 is 20.1 Å². The van der Waals surface area contributed by atoms with Gasteiger partial charge in [0.2, 0.25) is 6.79 Å². The summed E-state index contributed by atoms with van der Waals surface area (Å²) in [6.45, 7) is 0.653. The molecule has 0 saturated heterocycles. The summed E-state index contributed by atoms with van der Waals surface area (Å²) in [5, 5.41) is 5.95. The van der Waals surface area contributed by atoms with Gasteiger partial charge in [0, 0.05) is 30.1 Å². The van der Waals surface area contributed by atoms with E-state index in [0.29, 0.717) is 35.1 Å². The first-order valence-electron chi connectivity index (χ1n) is 8.33. The Labute approximate surface area is 155 Å². The highest BCUT2D eigenvalue weighted by atomic mass is 19.1. The van der Waals surface area contributed by atoms with Gasteiger partial charge in [0.25, 0.3) is 5.91 Å². The van der Waals surface area contributed by atoms with E-state index in [1.807, 2.05) is 0 Å². The summed E-state index contributed by atoms with van der Waals surface area (Å²) in [7, 11) is 0. The molecule has 4 rings (SSSR count). The Morgan fingerprint density at radius 2 is 1.85 bits per heavy atom. The molecule has 2 heterocycles. The van der Waals surface area contributed by atoms with Gasteiger partial charge in [-0.25, -0.2) is 9.37 Å². The number of hydrogen-bond acceptors (Lipinski definition) is 5. The molecule has 0 bridgehead atoms. The van der Waals surface area contributed by atoms with Crippen LogP contribution in [0.25, 0.3) is 0 Å². The molecule has 1 aliphatic heterocycles. The number of carbonyl (C=O) groups excluding carboxylic acids is 1. The maximum Gasteiger partial charge on any atom is 0.255 e. The molecule has 2 N–H and O–H groups in total. The summed E-state index contributed by atoms with van der Waals surface area (Å²) in [5.74, 6) is 1.27. The van der Waals surface area contributed by atoms with Crippen molar-refractivity contribution in [3.8, 4) is 11.5 Å². The lowest BCUT2D eigenvalue weighted by Gasteiger charge is -2.09. The quantitative estimate of drug-likeness (QED) is 0.719. The molecule has 0 spiro atoms. The fourth-order valence-corrected chi connectivity index (χ4v) is 2.64. The molecule has 1 amide bonds. The summed E-state index contributed by atoms with van der Waals surface area (Å²) in [6.07, 6.45) is 1.56. The van der Waals surface area contributed by atoms with Crippen molar-refractivity contribution < 1.29 is 18.7 Å². The van der Waals surface area contributed by atoms with E-state index in [1.54, 1.807) is 48.7 Å². The van der Waals surface area contributed by atoms with Gasteiger partial charge in [-0.05, 0) is 42.0 Å². The van der Waals surface area contributed by atoms with Crippen molar-refractivity contribution in [3.63, 3.8) is 0 Å². The Bertz CT molecular complexity index is 976. The fourth-order valence-electron chi connectivity index (χ4n) is 2.64. The van der Waals surface area contributed by atoms with E-state index >= 15 is 0 Å². The minimum absolute atomic E-state index is 0.181. The second-order valence-electron chi connectivity index (χ2n) is 5.93. The Kier molecular flexibility index (Phi) is 4.57. The maximum absolute atomic E-state index is 13.0. The lowest BCUT2D eigenvalue weighted by Crippen LogP contribution is -2.12. The lowest BCUT2D eigenvalue weighted by atomic mass is 10.2. The van der Waals surface area contributed by atoms with Gasteiger partial charge >= 0.3 is 0 Å². The van der Waals surface area contributed by atoms with E-state index in [0.717, 1.165) is 5.56 Å². The van der Waals surface area contributed by atoms with Gasteiger partial charge in [-0.15, -0.1) is 0 Å². The molecule has 0 aliphatic carbocycles. The normalized spacial score (nSPS) is 11.9. The van der Waals surface area contributed by atoms with Crippen LogP contribution in [0.15, 0.2) is 60.8 Å². The van der Waals surface area contributed by atoms with Gasteiger partial charge in [-0.3, -0.25) is 4.79 Å². The van der Waals surface area contributed by atoms with Crippen LogP contribution in [-0.4, -0.2) is 17.7 Å². The lowest BCUT2D eigenvalue weighted by molar-refractivity contribution is 0.102. The Balaban J connectivity index is 1.42. The number of rotatable bonds is 5. The standard InChI is InChI=1S/C20H16FN3O3/c21-15-3-1-13(2-4-15)11-23-19-9-14(7-8-22-19)20(25)24-16-5-6-17-18(10-16)27-12-26-17/h1-10H,11-12H2,(H,22,23)(H,24,25). The largest absolute Gasteiger partial charge is 0.454 e. The van der Waals surface area contributed by atoms with Crippen LogP contribution in [-0.2, 0) is 6.54 Å². The third kappa shape index (κ3) is 3.98. The second kappa shape index (κ2) is 7.33. The van der Waals surface area contributed by atoms with Crippen molar-refractivity contribution in [2.75, 3.05) is 17.4 Å². The van der Waals surface area contributed by atoms with Crippen LogP contribution in [0.2, 0.25) is 0 Å². The third-order valence-electron chi connectivity index (χ3n) is 4.04. The molecular weight excluding hydrogens is 349 g/mol. The van der Waals surface area contributed by atoms with Crippen molar-refractivity contribution in [2.45, 2.75) is 6.54 Å². The summed E-state index contributed by atoms with van der Waals surface area (Å²) in [5.41, 5.74) is 1.99. The number of carbonyl (C=O) groups is 1. The van der Waals surface area contributed by atoms with Crippen LogP contribution in [0.3, 0.4) is 0 Å². The number of halogens is 1. The number of amides is 1. The number of ether oxygens (including phenoxy) is 2. The predicted octanol–water partition coefficient (Wildman–Crippen LogP) is 3.81. The third-order valence-corrected chi connectivity index (χ3v) is 4.04. The number of hydrogen-bond donors (Lipinski definition) is 2. The van der Waals surface area contributed by atoms with Crippen LogP contribution in [0.1, 0.15) is 15.9 Å². The van der Waals surface area contributed by atoms with Crippen LogP contribution in [0.5, 0.6) is 11.5 Å². The molecule has 0 fully saturated rings. The molecular formula is C20H16FN3O3. The first-order chi connectivity index (χ1) is 13.2. The monoisotopic (exact) mass is 365 g/mol. The molecule has 0 atom stereocenters. The highest BCUT2D eigenvalue weighted by Gasteiger charge is 2.15. The summed E-state index contributed by atoms with van der Waals surface area (Å²) in [4.78, 5) is 16.7. The number of anilines is 2. The van der Waals surface area contributed by atoms with Crippen LogP contribution in [0.4, 0.5) is 15.9 Å². The number of nitrogens with one attached hydrogen (secondary N) is 2. The van der Waals surface area contributed by atoms with E-state index in [4.69, 9.17) is 9.47 Å². The van der Waals surface area contributed by atoms with Crippen molar-refractivity contribution in [1.29, 1.82) is 0 Å². The number of aromatic nitrogens is 1. The highest BCUT2D eigenvalue weighted by Crippen LogP contribution is 2.34. The van der Waals surface area contributed by atoms with Crippen molar-refractivity contribution in [3.05, 3.63) is 77.7 Å². The number of benzene rings is 2. The Morgan fingerprint density at radius 1 is 1.04 bits per heavy atom.